The van der Waals surface area contributed by atoms with Crippen molar-refractivity contribution in [3.63, 3.8) is 0 Å². The van der Waals surface area contributed by atoms with Crippen LogP contribution in [-0.4, -0.2) is 43.1 Å². The lowest BCUT2D eigenvalue weighted by atomic mass is 10.3. The van der Waals surface area contributed by atoms with Gasteiger partial charge in [0.25, 0.3) is 0 Å². The molecule has 1 aromatic carbocycles. The third kappa shape index (κ3) is 7.47. The molecule has 0 saturated carbocycles. The third-order valence-electron chi connectivity index (χ3n) is 2.45. The Morgan fingerprint density at radius 2 is 2.15 bits per heavy atom. The van der Waals surface area contributed by atoms with Gasteiger partial charge in [0.2, 0.25) is 5.91 Å². The molecule has 1 rings (SSSR count). The zero-order chi connectivity index (χ0) is 14.6. The van der Waals surface area contributed by atoms with E-state index >= 15 is 0 Å². The summed E-state index contributed by atoms with van der Waals surface area (Å²) in [5, 5.41) is 11.3. The molecule has 0 aliphatic carbocycles. The number of carbonyl (C=O) groups is 1. The van der Waals surface area contributed by atoms with Crippen LogP contribution in [0.4, 0.5) is 4.39 Å². The Balaban J connectivity index is 2.04. The number of carbonyl (C=O) groups excluding carboxylic acids is 1. The van der Waals surface area contributed by atoms with Crippen LogP contribution in [0.2, 0.25) is 0 Å². The van der Waals surface area contributed by atoms with Crippen LogP contribution in [0.1, 0.15) is 12.8 Å². The molecule has 1 aromatic rings. The first-order valence-corrected chi connectivity index (χ1v) is 7.55. The van der Waals surface area contributed by atoms with Crippen LogP contribution in [0, 0.1) is 5.82 Å². The molecule has 0 unspecified atom stereocenters. The van der Waals surface area contributed by atoms with E-state index in [1.807, 2.05) is 0 Å². The van der Waals surface area contributed by atoms with E-state index in [2.05, 4.69) is 5.32 Å². The van der Waals surface area contributed by atoms with Crippen LogP contribution >= 0.6 is 11.8 Å². The minimum absolute atomic E-state index is 0.0135. The molecule has 0 spiro atoms. The smallest absolute Gasteiger partial charge is 0.220 e. The summed E-state index contributed by atoms with van der Waals surface area (Å²) < 4.78 is 18.4. The largest absolute Gasteiger partial charge is 0.394 e. The monoisotopic (exact) mass is 301 g/mol. The molecular weight excluding hydrogens is 281 g/mol. The molecule has 2 N–H and O–H groups in total. The van der Waals surface area contributed by atoms with Crippen molar-refractivity contribution in [2.24, 2.45) is 0 Å². The SMILES string of the molecule is O=C(CCSc1ccccc1F)NCCCOCCO. The summed E-state index contributed by atoms with van der Waals surface area (Å²) in [5.74, 6) is 0.253. The van der Waals surface area contributed by atoms with E-state index in [-0.39, 0.29) is 18.3 Å². The highest BCUT2D eigenvalue weighted by atomic mass is 32.2. The topological polar surface area (TPSA) is 58.6 Å². The van der Waals surface area contributed by atoms with Gasteiger partial charge in [0.05, 0.1) is 13.2 Å². The number of hydrogen-bond acceptors (Lipinski definition) is 4. The lowest BCUT2D eigenvalue weighted by Gasteiger charge is -2.06. The summed E-state index contributed by atoms with van der Waals surface area (Å²) in [4.78, 5) is 12.1. The van der Waals surface area contributed by atoms with Gasteiger partial charge in [-0.25, -0.2) is 4.39 Å². The van der Waals surface area contributed by atoms with E-state index < -0.39 is 0 Å². The van der Waals surface area contributed by atoms with Crippen molar-refractivity contribution in [3.8, 4) is 0 Å². The third-order valence-corrected chi connectivity index (χ3v) is 3.50. The van der Waals surface area contributed by atoms with Crippen molar-refractivity contribution in [2.75, 3.05) is 32.1 Å². The number of thioether (sulfide) groups is 1. The second-order valence-electron chi connectivity index (χ2n) is 4.07. The standard InChI is InChI=1S/C14H20FNO3S/c15-12-4-1-2-5-13(12)20-11-6-14(18)16-7-3-9-19-10-8-17/h1-2,4-5,17H,3,6-11H2,(H,16,18). The van der Waals surface area contributed by atoms with Gasteiger partial charge in [-0.2, -0.15) is 0 Å². The number of benzene rings is 1. The Kier molecular flexibility index (Phi) is 9.02. The molecule has 112 valence electrons. The lowest BCUT2D eigenvalue weighted by Crippen LogP contribution is -2.25. The molecule has 0 heterocycles. The average Bonchev–Trinajstić information content (AvgIpc) is 2.45. The van der Waals surface area contributed by atoms with Gasteiger partial charge in [-0.05, 0) is 18.6 Å². The maximum atomic E-state index is 13.3. The van der Waals surface area contributed by atoms with Gasteiger partial charge >= 0.3 is 0 Å². The first-order chi connectivity index (χ1) is 9.74. The first-order valence-electron chi connectivity index (χ1n) is 6.56. The summed E-state index contributed by atoms with van der Waals surface area (Å²) in [5.41, 5.74) is 0. The fourth-order valence-corrected chi connectivity index (χ4v) is 2.36. The molecule has 0 saturated heterocycles. The summed E-state index contributed by atoms with van der Waals surface area (Å²) in [7, 11) is 0. The molecule has 6 heteroatoms. The summed E-state index contributed by atoms with van der Waals surface area (Å²) in [6.45, 7) is 1.41. The van der Waals surface area contributed by atoms with E-state index in [1.165, 1.54) is 17.8 Å². The van der Waals surface area contributed by atoms with Gasteiger partial charge in [0.15, 0.2) is 0 Å². The summed E-state index contributed by atoms with van der Waals surface area (Å²) >= 11 is 1.34. The second kappa shape index (κ2) is 10.7. The summed E-state index contributed by atoms with van der Waals surface area (Å²) in [6.07, 6.45) is 1.07. The van der Waals surface area contributed by atoms with Crippen molar-refractivity contribution in [1.82, 2.24) is 5.32 Å². The van der Waals surface area contributed by atoms with Crippen molar-refractivity contribution in [3.05, 3.63) is 30.1 Å². The van der Waals surface area contributed by atoms with Gasteiger partial charge in [0, 0.05) is 30.2 Å². The average molecular weight is 301 g/mol. The molecule has 0 bridgehead atoms. The number of aliphatic hydroxyl groups excluding tert-OH is 1. The Bertz CT molecular complexity index is 404. The van der Waals surface area contributed by atoms with Crippen LogP contribution in [0.15, 0.2) is 29.2 Å². The fourth-order valence-electron chi connectivity index (χ4n) is 1.47. The van der Waals surface area contributed by atoms with Crippen molar-refractivity contribution >= 4 is 17.7 Å². The molecule has 0 atom stereocenters. The van der Waals surface area contributed by atoms with Crippen LogP contribution in [0.25, 0.3) is 0 Å². The number of amides is 1. The first kappa shape index (κ1) is 16.9. The number of nitrogens with one attached hydrogen (secondary N) is 1. The molecule has 20 heavy (non-hydrogen) atoms. The molecule has 0 radical (unpaired) electrons. The second-order valence-corrected chi connectivity index (χ2v) is 5.21. The maximum Gasteiger partial charge on any atom is 0.220 e. The minimum atomic E-state index is -0.251. The van der Waals surface area contributed by atoms with Gasteiger partial charge < -0.3 is 15.2 Å². The number of rotatable bonds is 10. The highest BCUT2D eigenvalue weighted by Gasteiger charge is 2.04. The molecular formula is C14H20FNO3S. The number of ether oxygens (including phenoxy) is 1. The molecule has 0 aromatic heterocycles. The Morgan fingerprint density at radius 1 is 1.35 bits per heavy atom. The number of hydrogen-bond donors (Lipinski definition) is 2. The van der Waals surface area contributed by atoms with E-state index in [1.54, 1.807) is 18.2 Å². The zero-order valence-electron chi connectivity index (χ0n) is 11.3. The van der Waals surface area contributed by atoms with E-state index in [4.69, 9.17) is 9.84 Å². The van der Waals surface area contributed by atoms with E-state index in [0.717, 1.165) is 0 Å². The number of halogens is 1. The Hall–Kier alpha value is -1.11. The summed E-state index contributed by atoms with van der Waals surface area (Å²) in [6, 6.07) is 6.54. The van der Waals surface area contributed by atoms with Crippen molar-refractivity contribution in [2.45, 2.75) is 17.7 Å². The molecule has 0 aliphatic heterocycles. The molecule has 0 fully saturated rings. The molecule has 0 aliphatic rings. The lowest BCUT2D eigenvalue weighted by molar-refractivity contribution is -0.120. The molecule has 4 nitrogen and oxygen atoms in total. The van der Waals surface area contributed by atoms with Crippen molar-refractivity contribution in [1.29, 1.82) is 0 Å². The van der Waals surface area contributed by atoms with E-state index in [9.17, 15) is 9.18 Å². The van der Waals surface area contributed by atoms with Crippen LogP contribution in [-0.2, 0) is 9.53 Å². The van der Waals surface area contributed by atoms with Gasteiger partial charge in [-0.15, -0.1) is 11.8 Å². The normalized spacial score (nSPS) is 10.5. The quantitative estimate of drug-likeness (QED) is 0.511. The predicted molar refractivity (Wildman–Crippen MR) is 77.3 cm³/mol. The highest BCUT2D eigenvalue weighted by Crippen LogP contribution is 2.21. The Morgan fingerprint density at radius 3 is 2.90 bits per heavy atom. The van der Waals surface area contributed by atoms with Crippen LogP contribution in [0.5, 0.6) is 0 Å². The van der Waals surface area contributed by atoms with Gasteiger partial charge in [-0.1, -0.05) is 12.1 Å². The van der Waals surface area contributed by atoms with Gasteiger partial charge in [-0.3, -0.25) is 4.79 Å². The van der Waals surface area contributed by atoms with Crippen LogP contribution < -0.4 is 5.32 Å². The van der Waals surface area contributed by atoms with Crippen molar-refractivity contribution < 1.29 is 19.0 Å². The highest BCUT2D eigenvalue weighted by molar-refractivity contribution is 7.99. The maximum absolute atomic E-state index is 13.3. The molecule has 1 amide bonds. The fraction of sp³-hybridized carbons (Fsp3) is 0.500. The minimum Gasteiger partial charge on any atom is -0.394 e. The van der Waals surface area contributed by atoms with E-state index in [0.29, 0.717) is 43.2 Å². The predicted octanol–water partition coefficient (Wildman–Crippen LogP) is 1.82. The van der Waals surface area contributed by atoms with Gasteiger partial charge in [0.1, 0.15) is 5.82 Å². The zero-order valence-corrected chi connectivity index (χ0v) is 12.1. The van der Waals surface area contributed by atoms with Crippen LogP contribution in [0.3, 0.4) is 0 Å². The Labute approximate surface area is 122 Å². The number of aliphatic hydroxyl groups is 1.